The van der Waals surface area contributed by atoms with Gasteiger partial charge < -0.3 is 14.6 Å². The molecule has 6 nitrogen and oxygen atoms in total. The number of aromatic nitrogens is 3. The predicted molar refractivity (Wildman–Crippen MR) is 111 cm³/mol. The van der Waals surface area contributed by atoms with Crippen LogP contribution < -0.4 is 10.1 Å². The molecular formula is C21H24N4O2S. The highest BCUT2D eigenvalue weighted by Gasteiger charge is 2.20. The van der Waals surface area contributed by atoms with E-state index in [2.05, 4.69) is 15.5 Å². The number of nitrogens with zero attached hydrogens (tertiary/aromatic N) is 3. The van der Waals surface area contributed by atoms with Crippen molar-refractivity contribution in [3.8, 4) is 17.1 Å². The number of rotatable bonds is 8. The Hall–Kier alpha value is -2.80. The van der Waals surface area contributed by atoms with E-state index in [9.17, 15) is 4.79 Å². The quantitative estimate of drug-likeness (QED) is 0.587. The van der Waals surface area contributed by atoms with Crippen molar-refractivity contribution < 1.29 is 9.53 Å². The molecule has 3 rings (SSSR count). The summed E-state index contributed by atoms with van der Waals surface area (Å²) in [5.41, 5.74) is 1.95. The third-order valence-corrected chi connectivity index (χ3v) is 5.44. The highest BCUT2D eigenvalue weighted by molar-refractivity contribution is 8.00. The number of para-hydroxylation sites is 1. The predicted octanol–water partition coefficient (Wildman–Crippen LogP) is 3.77. The van der Waals surface area contributed by atoms with Crippen LogP contribution in [0, 0.1) is 0 Å². The van der Waals surface area contributed by atoms with E-state index in [0.717, 1.165) is 34.4 Å². The van der Waals surface area contributed by atoms with Crippen molar-refractivity contribution in [3.63, 3.8) is 0 Å². The van der Waals surface area contributed by atoms with Crippen LogP contribution in [0.5, 0.6) is 5.75 Å². The lowest BCUT2D eigenvalue weighted by Gasteiger charge is -2.14. The van der Waals surface area contributed by atoms with E-state index in [1.54, 1.807) is 7.11 Å². The third-order valence-electron chi connectivity index (χ3n) is 4.36. The second kappa shape index (κ2) is 9.41. The van der Waals surface area contributed by atoms with Gasteiger partial charge in [0, 0.05) is 24.2 Å². The molecule has 1 amide bonds. The molecule has 0 unspecified atom stereocenters. The van der Waals surface area contributed by atoms with Crippen molar-refractivity contribution in [1.29, 1.82) is 0 Å². The molecule has 1 N–H and O–H groups in total. The number of nitrogens with one attached hydrogen (secondary N) is 1. The maximum absolute atomic E-state index is 12.6. The van der Waals surface area contributed by atoms with Crippen LogP contribution in [0.15, 0.2) is 59.8 Å². The van der Waals surface area contributed by atoms with E-state index < -0.39 is 0 Å². The smallest absolute Gasteiger partial charge is 0.233 e. The first-order valence-electron chi connectivity index (χ1n) is 9.19. The Balaban J connectivity index is 1.66. The van der Waals surface area contributed by atoms with Crippen molar-refractivity contribution in [3.05, 3.63) is 60.2 Å². The number of ether oxygens (including phenoxy) is 1. The normalized spacial score (nSPS) is 11.8. The Morgan fingerprint density at radius 1 is 1.14 bits per heavy atom. The molecule has 0 spiro atoms. The molecule has 3 aromatic rings. The van der Waals surface area contributed by atoms with Crippen LogP contribution in [0.3, 0.4) is 0 Å². The zero-order valence-corrected chi connectivity index (χ0v) is 17.1. The molecule has 0 bridgehead atoms. The second-order valence-corrected chi connectivity index (χ2v) is 7.51. The Kier molecular flexibility index (Phi) is 6.71. The Labute approximate surface area is 169 Å². The molecule has 0 aliphatic rings. The minimum Gasteiger partial charge on any atom is -0.496 e. The van der Waals surface area contributed by atoms with Gasteiger partial charge in [-0.05, 0) is 19.9 Å². The maximum Gasteiger partial charge on any atom is 0.233 e. The van der Waals surface area contributed by atoms with Crippen LogP contribution >= 0.6 is 11.8 Å². The van der Waals surface area contributed by atoms with Gasteiger partial charge in [-0.1, -0.05) is 60.3 Å². The molecule has 0 fully saturated rings. The van der Waals surface area contributed by atoms with Crippen LogP contribution in [-0.2, 0) is 17.9 Å². The van der Waals surface area contributed by atoms with Crippen molar-refractivity contribution in [2.75, 3.05) is 7.11 Å². The molecule has 1 aromatic heterocycles. The monoisotopic (exact) mass is 396 g/mol. The maximum atomic E-state index is 12.6. The number of methoxy groups -OCH3 is 1. The summed E-state index contributed by atoms with van der Waals surface area (Å²) in [4.78, 5) is 12.6. The van der Waals surface area contributed by atoms with Crippen LogP contribution in [0.4, 0.5) is 0 Å². The molecule has 0 saturated carbocycles. The first kappa shape index (κ1) is 19.9. The molecule has 0 radical (unpaired) electrons. The molecule has 1 atom stereocenters. The number of hydrogen-bond acceptors (Lipinski definition) is 5. The van der Waals surface area contributed by atoms with Gasteiger partial charge in [-0.15, -0.1) is 10.2 Å². The van der Waals surface area contributed by atoms with Crippen LogP contribution in [0.2, 0.25) is 0 Å². The molecule has 1 heterocycles. The van der Waals surface area contributed by atoms with E-state index >= 15 is 0 Å². The lowest BCUT2D eigenvalue weighted by molar-refractivity contribution is -0.120. The SMILES string of the molecule is CCn1c(S[C@@H](C)C(=O)NCc2ccccc2OC)nnc1-c1ccccc1. The van der Waals surface area contributed by atoms with E-state index in [4.69, 9.17) is 4.74 Å². The fourth-order valence-electron chi connectivity index (χ4n) is 2.85. The van der Waals surface area contributed by atoms with E-state index in [-0.39, 0.29) is 11.2 Å². The molecular weight excluding hydrogens is 372 g/mol. The number of carbonyl (C=O) groups is 1. The molecule has 28 heavy (non-hydrogen) atoms. The van der Waals surface area contributed by atoms with Gasteiger partial charge in [0.2, 0.25) is 5.91 Å². The summed E-state index contributed by atoms with van der Waals surface area (Å²) in [6, 6.07) is 17.6. The molecule has 0 aliphatic carbocycles. The van der Waals surface area contributed by atoms with Gasteiger partial charge in [0.25, 0.3) is 0 Å². The van der Waals surface area contributed by atoms with Crippen molar-refractivity contribution in [1.82, 2.24) is 20.1 Å². The van der Waals surface area contributed by atoms with Gasteiger partial charge in [0.15, 0.2) is 11.0 Å². The summed E-state index contributed by atoms with van der Waals surface area (Å²) >= 11 is 1.41. The Morgan fingerprint density at radius 2 is 1.86 bits per heavy atom. The van der Waals surface area contributed by atoms with E-state index in [1.807, 2.05) is 73.0 Å². The van der Waals surface area contributed by atoms with E-state index in [0.29, 0.717) is 6.54 Å². The molecule has 0 saturated heterocycles. The zero-order valence-electron chi connectivity index (χ0n) is 16.3. The summed E-state index contributed by atoms with van der Waals surface area (Å²) in [6.07, 6.45) is 0. The fourth-order valence-corrected chi connectivity index (χ4v) is 3.79. The highest BCUT2D eigenvalue weighted by atomic mass is 32.2. The summed E-state index contributed by atoms with van der Waals surface area (Å²) in [6.45, 7) is 5.07. The highest BCUT2D eigenvalue weighted by Crippen LogP contribution is 2.27. The van der Waals surface area contributed by atoms with Gasteiger partial charge >= 0.3 is 0 Å². The Bertz CT molecular complexity index is 927. The first-order chi connectivity index (χ1) is 13.6. The largest absolute Gasteiger partial charge is 0.496 e. The average Bonchev–Trinajstić information content (AvgIpc) is 3.15. The fraction of sp³-hybridized carbons (Fsp3) is 0.286. The summed E-state index contributed by atoms with van der Waals surface area (Å²) in [5, 5.41) is 12.0. The lowest BCUT2D eigenvalue weighted by atomic mass is 10.2. The molecule has 0 aliphatic heterocycles. The molecule has 2 aromatic carbocycles. The van der Waals surface area contributed by atoms with Crippen LogP contribution in [0.25, 0.3) is 11.4 Å². The average molecular weight is 397 g/mol. The number of benzene rings is 2. The molecule has 7 heteroatoms. The van der Waals surface area contributed by atoms with E-state index in [1.165, 1.54) is 11.8 Å². The van der Waals surface area contributed by atoms with Gasteiger partial charge in [0.05, 0.1) is 12.4 Å². The molecule has 146 valence electrons. The van der Waals surface area contributed by atoms with Crippen molar-refractivity contribution in [2.45, 2.75) is 37.3 Å². The summed E-state index contributed by atoms with van der Waals surface area (Å²) < 4.78 is 7.36. The number of amides is 1. The minimum atomic E-state index is -0.298. The van der Waals surface area contributed by atoms with Crippen LogP contribution in [0.1, 0.15) is 19.4 Å². The van der Waals surface area contributed by atoms with Gasteiger partial charge in [-0.25, -0.2) is 0 Å². The number of hydrogen-bond donors (Lipinski definition) is 1. The Morgan fingerprint density at radius 3 is 2.57 bits per heavy atom. The third kappa shape index (κ3) is 4.54. The standard InChI is InChI=1S/C21H24N4O2S/c1-4-25-19(16-10-6-5-7-11-16)23-24-21(25)28-15(2)20(26)22-14-17-12-8-9-13-18(17)27-3/h5-13,15H,4,14H2,1-3H3,(H,22,26)/t15-/m0/s1. The van der Waals surface area contributed by atoms with Crippen molar-refractivity contribution >= 4 is 17.7 Å². The second-order valence-electron chi connectivity index (χ2n) is 6.21. The van der Waals surface area contributed by atoms with Gasteiger partial charge in [-0.3, -0.25) is 4.79 Å². The minimum absolute atomic E-state index is 0.0529. The zero-order chi connectivity index (χ0) is 19.9. The number of thioether (sulfide) groups is 1. The van der Waals surface area contributed by atoms with Gasteiger partial charge in [-0.2, -0.15) is 0 Å². The van der Waals surface area contributed by atoms with Crippen LogP contribution in [-0.4, -0.2) is 33.0 Å². The van der Waals surface area contributed by atoms with Crippen molar-refractivity contribution in [2.24, 2.45) is 0 Å². The topological polar surface area (TPSA) is 69.0 Å². The number of carbonyl (C=O) groups excluding carboxylic acids is 1. The summed E-state index contributed by atoms with van der Waals surface area (Å²) in [5.74, 6) is 1.52. The lowest BCUT2D eigenvalue weighted by Crippen LogP contribution is -2.30. The first-order valence-corrected chi connectivity index (χ1v) is 10.1. The summed E-state index contributed by atoms with van der Waals surface area (Å²) in [7, 11) is 1.63. The van der Waals surface area contributed by atoms with Gasteiger partial charge in [0.1, 0.15) is 5.75 Å².